The van der Waals surface area contributed by atoms with Gasteiger partial charge in [0.25, 0.3) is 0 Å². The van der Waals surface area contributed by atoms with E-state index in [1.54, 1.807) is 0 Å². The molecule has 0 saturated carbocycles. The zero-order valence-electron chi connectivity index (χ0n) is 11.5. The number of rotatable bonds is 6. The van der Waals surface area contributed by atoms with Crippen molar-refractivity contribution in [1.29, 1.82) is 0 Å². The number of hydrogen-bond acceptors (Lipinski definition) is 6. The van der Waals surface area contributed by atoms with Crippen LogP contribution in [0.2, 0.25) is 0 Å². The van der Waals surface area contributed by atoms with Gasteiger partial charge in [-0.25, -0.2) is 5.43 Å². The Morgan fingerprint density at radius 1 is 1.47 bits per heavy atom. The fourth-order valence-electron chi connectivity index (χ4n) is 2.01. The monoisotopic (exact) mass is 280 g/mol. The lowest BCUT2D eigenvalue weighted by atomic mass is 10.0. The second-order valence-corrected chi connectivity index (χ2v) is 5.60. The van der Waals surface area contributed by atoms with E-state index in [1.165, 1.54) is 11.5 Å². The fraction of sp³-hybridized carbons (Fsp3) is 0.583. The van der Waals surface area contributed by atoms with E-state index in [9.17, 15) is 0 Å². The van der Waals surface area contributed by atoms with E-state index < -0.39 is 0 Å². The van der Waals surface area contributed by atoms with Crippen molar-refractivity contribution in [2.24, 2.45) is 5.84 Å². The van der Waals surface area contributed by atoms with Gasteiger partial charge >= 0.3 is 0 Å². The van der Waals surface area contributed by atoms with E-state index in [0.29, 0.717) is 5.92 Å². The van der Waals surface area contributed by atoms with Crippen LogP contribution >= 0.6 is 11.5 Å². The van der Waals surface area contributed by atoms with Crippen molar-refractivity contribution in [1.82, 2.24) is 24.8 Å². The van der Waals surface area contributed by atoms with E-state index in [1.807, 2.05) is 17.1 Å². The van der Waals surface area contributed by atoms with Gasteiger partial charge in [0.2, 0.25) is 0 Å². The second-order valence-electron chi connectivity index (χ2n) is 4.81. The van der Waals surface area contributed by atoms with Gasteiger partial charge in [-0.3, -0.25) is 10.5 Å². The lowest BCUT2D eigenvalue weighted by Crippen LogP contribution is -2.28. The number of aromatic nitrogens is 4. The summed E-state index contributed by atoms with van der Waals surface area (Å²) in [5.74, 6) is 6.04. The molecule has 6 nitrogen and oxygen atoms in total. The summed E-state index contributed by atoms with van der Waals surface area (Å²) >= 11 is 1.39. The summed E-state index contributed by atoms with van der Waals surface area (Å²) < 4.78 is 5.98. The minimum absolute atomic E-state index is 0.0944. The number of nitrogens with two attached hydrogens (primary N) is 1. The zero-order chi connectivity index (χ0) is 13.8. The highest BCUT2D eigenvalue weighted by molar-refractivity contribution is 7.05. The molecule has 0 fully saturated rings. The summed E-state index contributed by atoms with van der Waals surface area (Å²) in [5.41, 5.74) is 4.89. The lowest BCUT2D eigenvalue weighted by molar-refractivity contribution is 0.597. The summed E-state index contributed by atoms with van der Waals surface area (Å²) in [5, 5.41) is 8.54. The van der Waals surface area contributed by atoms with Crippen LogP contribution in [-0.2, 0) is 6.54 Å². The summed E-state index contributed by atoms with van der Waals surface area (Å²) in [6.07, 6.45) is 4.93. The molecule has 0 aromatic carbocycles. The van der Waals surface area contributed by atoms with Gasteiger partial charge in [-0.1, -0.05) is 25.3 Å². The lowest BCUT2D eigenvalue weighted by Gasteiger charge is -2.14. The first-order valence-corrected chi connectivity index (χ1v) is 7.25. The summed E-state index contributed by atoms with van der Waals surface area (Å²) in [6.45, 7) is 7.25. The molecule has 2 heterocycles. The Morgan fingerprint density at radius 3 is 2.89 bits per heavy atom. The Bertz CT molecular complexity index is 518. The smallest absolute Gasteiger partial charge is 0.0868 e. The molecule has 2 aromatic heterocycles. The number of hydrazine groups is 1. The maximum absolute atomic E-state index is 5.71. The SMILES string of the molecule is CCCn1cc(C(NN)c2snnc2C(C)C)cn1. The fourth-order valence-corrected chi connectivity index (χ4v) is 2.90. The van der Waals surface area contributed by atoms with E-state index in [-0.39, 0.29) is 6.04 Å². The van der Waals surface area contributed by atoms with Crippen LogP contribution in [0.15, 0.2) is 12.4 Å². The first-order valence-electron chi connectivity index (χ1n) is 6.48. The number of nitrogens with one attached hydrogen (secondary N) is 1. The maximum atomic E-state index is 5.71. The highest BCUT2D eigenvalue weighted by atomic mass is 32.1. The molecule has 0 bridgehead atoms. The molecular formula is C12H20N6S. The van der Waals surface area contributed by atoms with Gasteiger partial charge in [-0.2, -0.15) is 5.10 Å². The van der Waals surface area contributed by atoms with Crippen molar-refractivity contribution in [3.05, 3.63) is 28.5 Å². The van der Waals surface area contributed by atoms with Gasteiger partial charge in [0.05, 0.1) is 22.8 Å². The van der Waals surface area contributed by atoms with E-state index in [4.69, 9.17) is 5.84 Å². The molecule has 1 atom stereocenters. The topological polar surface area (TPSA) is 81.7 Å². The van der Waals surface area contributed by atoms with Crippen molar-refractivity contribution in [2.75, 3.05) is 0 Å². The van der Waals surface area contributed by atoms with Crippen LogP contribution in [0.1, 0.15) is 55.3 Å². The molecule has 2 rings (SSSR count). The molecule has 1 unspecified atom stereocenters. The highest BCUT2D eigenvalue weighted by Crippen LogP contribution is 2.30. The summed E-state index contributed by atoms with van der Waals surface area (Å²) in [6, 6.07) is -0.0944. The third-order valence-corrected chi connectivity index (χ3v) is 3.76. The molecule has 0 spiro atoms. The van der Waals surface area contributed by atoms with Crippen molar-refractivity contribution in [2.45, 2.75) is 45.7 Å². The minimum Gasteiger partial charge on any atom is -0.272 e. The van der Waals surface area contributed by atoms with Gasteiger partial charge in [0.15, 0.2) is 0 Å². The molecule has 19 heavy (non-hydrogen) atoms. The molecule has 0 aliphatic rings. The molecule has 0 radical (unpaired) electrons. The van der Waals surface area contributed by atoms with Crippen molar-refractivity contribution < 1.29 is 0 Å². The molecule has 104 valence electrons. The number of hydrogen-bond donors (Lipinski definition) is 2. The van der Waals surface area contributed by atoms with Crippen LogP contribution in [0.4, 0.5) is 0 Å². The standard InChI is InChI=1S/C12H20N6S/c1-4-5-18-7-9(6-14-18)11(15-13)12-10(8(2)3)16-17-19-12/h6-8,11,15H,4-5,13H2,1-3H3. The van der Waals surface area contributed by atoms with E-state index in [2.05, 4.69) is 40.9 Å². The van der Waals surface area contributed by atoms with Gasteiger partial charge < -0.3 is 0 Å². The van der Waals surface area contributed by atoms with Crippen molar-refractivity contribution in [3.8, 4) is 0 Å². The average molecular weight is 280 g/mol. The van der Waals surface area contributed by atoms with Gasteiger partial charge in [0, 0.05) is 18.3 Å². The van der Waals surface area contributed by atoms with Crippen molar-refractivity contribution in [3.63, 3.8) is 0 Å². The zero-order valence-corrected chi connectivity index (χ0v) is 12.3. The minimum atomic E-state index is -0.0944. The van der Waals surface area contributed by atoms with E-state index in [0.717, 1.165) is 29.1 Å². The van der Waals surface area contributed by atoms with Crippen molar-refractivity contribution >= 4 is 11.5 Å². The van der Waals surface area contributed by atoms with Gasteiger partial charge in [0.1, 0.15) is 0 Å². The summed E-state index contributed by atoms with van der Waals surface area (Å²) in [4.78, 5) is 1.06. The van der Waals surface area contributed by atoms with Crippen LogP contribution in [-0.4, -0.2) is 19.4 Å². The average Bonchev–Trinajstić information content (AvgIpc) is 3.00. The molecular weight excluding hydrogens is 260 g/mol. The Morgan fingerprint density at radius 2 is 2.26 bits per heavy atom. The summed E-state index contributed by atoms with van der Waals surface area (Å²) in [7, 11) is 0. The van der Waals surface area contributed by atoms with Gasteiger partial charge in [-0.05, 0) is 23.9 Å². The van der Waals surface area contributed by atoms with Crippen LogP contribution in [0.5, 0.6) is 0 Å². The first-order chi connectivity index (χ1) is 9.17. The Hall–Kier alpha value is -1.31. The van der Waals surface area contributed by atoms with Crippen LogP contribution in [0, 0.1) is 0 Å². The number of aryl methyl sites for hydroxylation is 1. The third-order valence-electron chi connectivity index (χ3n) is 2.96. The predicted octanol–water partition coefficient (Wildman–Crippen LogP) is 1.82. The Kier molecular flexibility index (Phi) is 4.62. The quantitative estimate of drug-likeness (QED) is 0.623. The third kappa shape index (κ3) is 2.99. The Labute approximate surface area is 117 Å². The maximum Gasteiger partial charge on any atom is 0.0868 e. The van der Waals surface area contributed by atoms with Crippen LogP contribution < -0.4 is 11.3 Å². The Balaban J connectivity index is 2.30. The largest absolute Gasteiger partial charge is 0.272 e. The molecule has 0 aliphatic carbocycles. The molecule has 0 saturated heterocycles. The van der Waals surface area contributed by atoms with E-state index >= 15 is 0 Å². The van der Waals surface area contributed by atoms with Crippen LogP contribution in [0.3, 0.4) is 0 Å². The molecule has 0 aliphatic heterocycles. The second kappa shape index (κ2) is 6.23. The molecule has 2 aromatic rings. The normalized spacial score (nSPS) is 13.1. The first kappa shape index (κ1) is 14.1. The van der Waals surface area contributed by atoms with Gasteiger partial charge in [-0.15, -0.1) is 5.10 Å². The predicted molar refractivity (Wildman–Crippen MR) is 75.7 cm³/mol. The highest BCUT2D eigenvalue weighted by Gasteiger charge is 2.22. The molecule has 7 heteroatoms. The van der Waals surface area contributed by atoms with Crippen LogP contribution in [0.25, 0.3) is 0 Å². The number of nitrogens with zero attached hydrogens (tertiary/aromatic N) is 4. The molecule has 3 N–H and O–H groups in total. The molecule has 0 amide bonds.